The molecule has 0 aliphatic rings. The summed E-state index contributed by atoms with van der Waals surface area (Å²) in [5, 5.41) is 14.0. The number of unbranched alkanes of at least 4 members (excludes halogenated alkanes) is 35. The summed E-state index contributed by atoms with van der Waals surface area (Å²) in [6, 6.07) is -0.870. The number of nitrogens with zero attached hydrogens (tertiary/aromatic N) is 1. The Kier molecular flexibility index (Phi) is 60.0. The zero-order valence-electron chi connectivity index (χ0n) is 53.8. The first kappa shape index (κ1) is 78.4. The molecular formula is C72H132N2O6P+. The number of aliphatic hydroxyl groups excluding tert-OH is 1. The molecule has 3 atom stereocenters. The van der Waals surface area contributed by atoms with Crippen LogP contribution >= 0.6 is 7.82 Å². The molecule has 0 aromatic carbocycles. The zero-order chi connectivity index (χ0) is 59.1. The highest BCUT2D eigenvalue weighted by atomic mass is 31.2. The number of hydrogen-bond acceptors (Lipinski definition) is 5. The number of amides is 1. The van der Waals surface area contributed by atoms with Crippen LogP contribution in [-0.2, 0) is 18.4 Å². The van der Waals surface area contributed by atoms with E-state index in [1.807, 2.05) is 27.2 Å². The summed E-state index contributed by atoms with van der Waals surface area (Å²) in [4.78, 5) is 23.4. The first-order valence-corrected chi connectivity index (χ1v) is 35.6. The van der Waals surface area contributed by atoms with Crippen molar-refractivity contribution in [3.05, 3.63) is 97.2 Å². The number of carbonyl (C=O) groups excluding carboxylic acids is 1. The monoisotopic (exact) mass is 1150 g/mol. The molecule has 81 heavy (non-hydrogen) atoms. The molecule has 3 N–H and O–H groups in total. The van der Waals surface area contributed by atoms with Crippen molar-refractivity contribution in [2.24, 2.45) is 0 Å². The van der Waals surface area contributed by atoms with Gasteiger partial charge in [0.2, 0.25) is 5.91 Å². The van der Waals surface area contributed by atoms with Crippen molar-refractivity contribution >= 4 is 13.7 Å². The van der Waals surface area contributed by atoms with Gasteiger partial charge < -0.3 is 19.8 Å². The van der Waals surface area contributed by atoms with Gasteiger partial charge in [0.25, 0.3) is 0 Å². The number of carbonyl (C=O) groups is 1. The molecule has 0 saturated heterocycles. The summed E-state index contributed by atoms with van der Waals surface area (Å²) in [6.07, 6.45) is 89.8. The Morgan fingerprint density at radius 3 is 1.14 bits per heavy atom. The number of phosphoric ester groups is 1. The van der Waals surface area contributed by atoms with E-state index in [-0.39, 0.29) is 19.1 Å². The fourth-order valence-corrected chi connectivity index (χ4v) is 10.5. The minimum atomic E-state index is -4.37. The fraction of sp³-hybridized carbons (Fsp3) is 0.764. The number of hydrogen-bond donors (Lipinski definition) is 3. The maximum absolute atomic E-state index is 13.0. The van der Waals surface area contributed by atoms with E-state index < -0.39 is 20.0 Å². The van der Waals surface area contributed by atoms with Crippen molar-refractivity contribution < 1.29 is 32.9 Å². The number of nitrogens with one attached hydrogen (secondary N) is 1. The van der Waals surface area contributed by atoms with E-state index in [9.17, 15) is 19.4 Å². The van der Waals surface area contributed by atoms with Crippen LogP contribution in [0.15, 0.2) is 97.2 Å². The number of aliphatic hydroxyl groups is 1. The summed E-state index contributed by atoms with van der Waals surface area (Å²) in [5.74, 6) is -0.187. The summed E-state index contributed by atoms with van der Waals surface area (Å²) < 4.78 is 23.8. The summed E-state index contributed by atoms with van der Waals surface area (Å²) in [7, 11) is 1.55. The lowest BCUT2D eigenvalue weighted by Gasteiger charge is -2.25. The average molecular weight is 1150 g/mol. The number of allylic oxidation sites excluding steroid dienone is 15. The molecule has 0 bridgehead atoms. The molecule has 0 saturated carbocycles. The maximum Gasteiger partial charge on any atom is 0.472 e. The summed E-state index contributed by atoms with van der Waals surface area (Å²) >= 11 is 0. The van der Waals surface area contributed by atoms with Crippen LogP contribution < -0.4 is 5.32 Å². The van der Waals surface area contributed by atoms with Gasteiger partial charge in [0.15, 0.2) is 0 Å². The van der Waals surface area contributed by atoms with E-state index in [0.29, 0.717) is 17.4 Å². The molecule has 0 spiro atoms. The van der Waals surface area contributed by atoms with Crippen LogP contribution in [0.25, 0.3) is 0 Å². The van der Waals surface area contributed by atoms with E-state index in [1.165, 1.54) is 205 Å². The van der Waals surface area contributed by atoms with Gasteiger partial charge in [-0.1, -0.05) is 310 Å². The third kappa shape index (κ3) is 64.8. The zero-order valence-corrected chi connectivity index (χ0v) is 54.6. The quantitative estimate of drug-likeness (QED) is 0.0243. The Balaban J connectivity index is 4.13. The molecular weight excluding hydrogens is 1020 g/mol. The molecule has 9 heteroatoms. The molecule has 0 aromatic rings. The highest BCUT2D eigenvalue weighted by molar-refractivity contribution is 7.47. The van der Waals surface area contributed by atoms with Gasteiger partial charge in [-0.15, -0.1) is 0 Å². The van der Waals surface area contributed by atoms with Crippen molar-refractivity contribution in [2.45, 2.75) is 315 Å². The molecule has 0 aromatic heterocycles. The second-order valence-electron chi connectivity index (χ2n) is 24.2. The van der Waals surface area contributed by atoms with Gasteiger partial charge >= 0.3 is 7.82 Å². The van der Waals surface area contributed by atoms with Gasteiger partial charge in [-0.25, -0.2) is 4.57 Å². The van der Waals surface area contributed by atoms with Crippen LogP contribution in [0.5, 0.6) is 0 Å². The molecule has 8 nitrogen and oxygen atoms in total. The van der Waals surface area contributed by atoms with Gasteiger partial charge in [-0.3, -0.25) is 13.8 Å². The molecule has 0 radical (unpaired) electrons. The first-order chi connectivity index (χ1) is 39.5. The minimum absolute atomic E-state index is 0.0532. The lowest BCUT2D eigenvalue weighted by molar-refractivity contribution is -0.870. The number of phosphoric acid groups is 1. The van der Waals surface area contributed by atoms with E-state index in [2.05, 4.69) is 104 Å². The third-order valence-electron chi connectivity index (χ3n) is 15.0. The summed E-state index contributed by atoms with van der Waals surface area (Å²) in [5.41, 5.74) is 0. The number of rotatable bonds is 62. The second-order valence-corrected chi connectivity index (χ2v) is 25.6. The van der Waals surface area contributed by atoms with Crippen LogP contribution in [0.1, 0.15) is 303 Å². The van der Waals surface area contributed by atoms with Gasteiger partial charge in [-0.2, -0.15) is 0 Å². The van der Waals surface area contributed by atoms with Crippen molar-refractivity contribution in [3.63, 3.8) is 0 Å². The van der Waals surface area contributed by atoms with E-state index in [4.69, 9.17) is 9.05 Å². The molecule has 1 amide bonds. The Bertz CT molecular complexity index is 1640. The summed E-state index contributed by atoms with van der Waals surface area (Å²) in [6.45, 7) is 4.71. The van der Waals surface area contributed by atoms with Crippen LogP contribution in [0, 0.1) is 0 Å². The van der Waals surface area contributed by atoms with Gasteiger partial charge in [0.05, 0.1) is 39.9 Å². The van der Waals surface area contributed by atoms with Crippen LogP contribution in [0.4, 0.5) is 0 Å². The predicted octanol–water partition coefficient (Wildman–Crippen LogP) is 21.7. The predicted molar refractivity (Wildman–Crippen MR) is 355 cm³/mol. The SMILES string of the molecule is CC/C=C\C/C=C\C/C=C\C/C=C\C/C=C\C/C=C\CCCCCCCCCCCCCCCCC(=O)NC(COP(=O)(O)OCC[N+](C)(C)C)C(O)/C=C/CC/C=C/CCCCCCCCCCCCCCCCCCCCCC. The minimum Gasteiger partial charge on any atom is -0.387 e. The normalized spacial score (nSPS) is 14.3. The number of likely N-dealkylation sites (N-methyl/N-ethyl adjacent to an activating group) is 1. The van der Waals surface area contributed by atoms with Crippen LogP contribution in [0.3, 0.4) is 0 Å². The molecule has 0 rings (SSSR count). The molecule has 3 unspecified atom stereocenters. The van der Waals surface area contributed by atoms with Gasteiger partial charge in [0, 0.05) is 6.42 Å². The van der Waals surface area contributed by atoms with Gasteiger partial charge in [-0.05, 0) is 83.5 Å². The Morgan fingerprint density at radius 1 is 0.432 bits per heavy atom. The van der Waals surface area contributed by atoms with Crippen molar-refractivity contribution in [1.29, 1.82) is 0 Å². The van der Waals surface area contributed by atoms with Crippen LogP contribution in [-0.4, -0.2) is 73.4 Å². The van der Waals surface area contributed by atoms with E-state index >= 15 is 0 Å². The highest BCUT2D eigenvalue weighted by Gasteiger charge is 2.28. The van der Waals surface area contributed by atoms with Crippen molar-refractivity contribution in [2.75, 3.05) is 40.9 Å². The Morgan fingerprint density at radius 2 is 0.753 bits per heavy atom. The molecule has 0 aliphatic heterocycles. The number of quaternary nitrogens is 1. The maximum atomic E-state index is 13.0. The lowest BCUT2D eigenvalue weighted by Crippen LogP contribution is -2.45. The lowest BCUT2D eigenvalue weighted by atomic mass is 10.0. The standard InChI is InChI=1S/C72H131N2O6P/c1-6-8-10-12-14-16-18-20-22-24-26-28-30-32-34-35-36-37-38-39-40-42-44-46-48-50-52-54-56-58-60-62-64-66-72(76)73-70(69-80-81(77,78)79-68-67-74(3,4)5)71(75)65-63-61-59-57-55-53-51-49-47-45-43-41-33-31-29-27-25-23-21-19-17-15-13-11-9-7-2/h8,10,14,16,20,22,26,28,32,34,36-37,55,57,63,65,70-71,75H,6-7,9,11-13,15,17-19,21,23-25,27,29-31,33,35,38-54,56,58-62,64,66-69H2,1-5H3,(H-,73,76,77,78)/p+1/b10-8-,16-14-,22-20-,28-26-,34-32-,37-36-,57-55+,65-63+. The third-order valence-corrected chi connectivity index (χ3v) is 16.0. The Labute approximate surface area is 502 Å². The van der Waals surface area contributed by atoms with Crippen LogP contribution in [0.2, 0.25) is 0 Å². The topological polar surface area (TPSA) is 105 Å². The van der Waals surface area contributed by atoms with Crippen molar-refractivity contribution in [1.82, 2.24) is 5.32 Å². The fourth-order valence-electron chi connectivity index (χ4n) is 9.77. The smallest absolute Gasteiger partial charge is 0.387 e. The van der Waals surface area contributed by atoms with Gasteiger partial charge in [0.1, 0.15) is 13.2 Å². The molecule has 0 heterocycles. The molecule has 470 valence electrons. The van der Waals surface area contributed by atoms with Crippen molar-refractivity contribution in [3.8, 4) is 0 Å². The largest absolute Gasteiger partial charge is 0.472 e. The first-order valence-electron chi connectivity index (χ1n) is 34.1. The average Bonchev–Trinajstić information content (AvgIpc) is 3.43. The highest BCUT2D eigenvalue weighted by Crippen LogP contribution is 2.43. The second kappa shape index (κ2) is 62.0. The molecule has 0 aliphatic carbocycles. The molecule has 0 fully saturated rings. The Hall–Kier alpha value is -2.58. The van der Waals surface area contributed by atoms with E-state index in [0.717, 1.165) is 77.0 Å². The van der Waals surface area contributed by atoms with E-state index in [1.54, 1.807) is 6.08 Å².